The van der Waals surface area contributed by atoms with Crippen LogP contribution in [0.4, 0.5) is 0 Å². The van der Waals surface area contributed by atoms with Gasteiger partial charge in [0.1, 0.15) is 5.01 Å². The molecule has 0 radical (unpaired) electrons. The highest BCUT2D eigenvalue weighted by atomic mass is 32.1. The van der Waals surface area contributed by atoms with Gasteiger partial charge in [-0.2, -0.15) is 5.10 Å². The second-order valence-electron chi connectivity index (χ2n) is 3.72. The molecule has 2 heterocycles. The Labute approximate surface area is 105 Å². The van der Waals surface area contributed by atoms with Crippen molar-refractivity contribution in [3.05, 3.63) is 41.1 Å². The van der Waals surface area contributed by atoms with E-state index in [2.05, 4.69) is 28.9 Å². The highest BCUT2D eigenvalue weighted by Crippen LogP contribution is 2.19. The lowest BCUT2D eigenvalue weighted by molar-refractivity contribution is 0.516. The molecule has 0 saturated carbocycles. The molecule has 0 fully saturated rings. The van der Waals surface area contributed by atoms with Crippen LogP contribution in [0.5, 0.6) is 0 Å². The van der Waals surface area contributed by atoms with Gasteiger partial charge in [-0.1, -0.05) is 13.5 Å². The van der Waals surface area contributed by atoms with Crippen molar-refractivity contribution in [2.75, 3.05) is 0 Å². The van der Waals surface area contributed by atoms with Crippen molar-refractivity contribution in [1.29, 1.82) is 0 Å². The Hall–Kier alpha value is -1.46. The number of thiazole rings is 1. The fourth-order valence-corrected chi connectivity index (χ4v) is 2.42. The number of nitrogens with zero attached hydrogens (tertiary/aromatic N) is 3. The van der Waals surface area contributed by atoms with Gasteiger partial charge in [0, 0.05) is 36.1 Å². The molecule has 2 aromatic heterocycles. The molecule has 4 nitrogen and oxygen atoms in total. The van der Waals surface area contributed by atoms with Crippen molar-refractivity contribution in [2.24, 2.45) is 0 Å². The standard InChI is InChI=1S/C12H16N4S/c1-3-11(12-13-5-6-17-12)14-7-10-8-15-16(4-2)9-10/h4-6,8-9,11,14H,2-3,7H2,1H3. The van der Waals surface area contributed by atoms with Crippen LogP contribution in [0.2, 0.25) is 0 Å². The average Bonchev–Trinajstić information content (AvgIpc) is 3.00. The van der Waals surface area contributed by atoms with Crippen LogP contribution in [0.15, 0.2) is 30.5 Å². The summed E-state index contributed by atoms with van der Waals surface area (Å²) in [7, 11) is 0. The highest BCUT2D eigenvalue weighted by Gasteiger charge is 2.11. The minimum Gasteiger partial charge on any atom is -0.304 e. The van der Waals surface area contributed by atoms with Gasteiger partial charge in [0.2, 0.25) is 0 Å². The predicted molar refractivity (Wildman–Crippen MR) is 70.6 cm³/mol. The summed E-state index contributed by atoms with van der Waals surface area (Å²) < 4.78 is 1.71. The summed E-state index contributed by atoms with van der Waals surface area (Å²) in [6.07, 6.45) is 8.38. The van der Waals surface area contributed by atoms with Crippen LogP contribution >= 0.6 is 11.3 Å². The summed E-state index contributed by atoms with van der Waals surface area (Å²) in [4.78, 5) is 4.34. The first-order chi connectivity index (χ1) is 8.33. The van der Waals surface area contributed by atoms with Crippen molar-refractivity contribution in [3.8, 4) is 0 Å². The Kier molecular flexibility index (Phi) is 4.06. The maximum Gasteiger partial charge on any atom is 0.109 e. The summed E-state index contributed by atoms with van der Waals surface area (Å²) in [6.45, 7) is 6.62. The fourth-order valence-electron chi connectivity index (χ4n) is 1.62. The van der Waals surface area contributed by atoms with Gasteiger partial charge >= 0.3 is 0 Å². The van der Waals surface area contributed by atoms with Gasteiger partial charge in [-0.25, -0.2) is 9.67 Å². The summed E-state index contributed by atoms with van der Waals surface area (Å²) >= 11 is 1.69. The van der Waals surface area contributed by atoms with Crippen molar-refractivity contribution in [1.82, 2.24) is 20.1 Å². The Morgan fingerprint density at radius 3 is 3.12 bits per heavy atom. The number of rotatable bonds is 6. The molecule has 17 heavy (non-hydrogen) atoms. The lowest BCUT2D eigenvalue weighted by Gasteiger charge is -2.13. The Morgan fingerprint density at radius 1 is 1.65 bits per heavy atom. The van der Waals surface area contributed by atoms with Crippen LogP contribution in [-0.4, -0.2) is 14.8 Å². The van der Waals surface area contributed by atoms with Crippen LogP contribution < -0.4 is 5.32 Å². The second kappa shape index (κ2) is 5.75. The summed E-state index contributed by atoms with van der Waals surface area (Å²) in [6, 6.07) is 0.321. The van der Waals surface area contributed by atoms with Gasteiger partial charge in [-0.3, -0.25) is 0 Å². The molecule has 0 aliphatic carbocycles. The number of hydrogen-bond acceptors (Lipinski definition) is 4. The molecule has 0 aliphatic rings. The van der Waals surface area contributed by atoms with Gasteiger partial charge in [0.15, 0.2) is 0 Å². The summed E-state index contributed by atoms with van der Waals surface area (Å²) in [5.74, 6) is 0. The maximum atomic E-state index is 4.34. The molecule has 0 bridgehead atoms. The molecule has 5 heteroatoms. The summed E-state index contributed by atoms with van der Waals surface area (Å²) in [5.41, 5.74) is 1.15. The van der Waals surface area contributed by atoms with Crippen molar-refractivity contribution < 1.29 is 0 Å². The first-order valence-electron chi connectivity index (χ1n) is 5.61. The molecule has 1 N–H and O–H groups in total. The van der Waals surface area contributed by atoms with Gasteiger partial charge in [0.05, 0.1) is 12.2 Å². The minimum atomic E-state index is 0.321. The molecular formula is C12H16N4S. The van der Waals surface area contributed by atoms with E-state index in [1.807, 2.05) is 24.0 Å². The van der Waals surface area contributed by atoms with E-state index in [-0.39, 0.29) is 0 Å². The molecular weight excluding hydrogens is 232 g/mol. The molecule has 0 aliphatic heterocycles. The van der Waals surface area contributed by atoms with Crippen molar-refractivity contribution in [3.63, 3.8) is 0 Å². The minimum absolute atomic E-state index is 0.321. The third kappa shape index (κ3) is 3.01. The number of nitrogens with one attached hydrogen (secondary N) is 1. The first-order valence-corrected chi connectivity index (χ1v) is 6.49. The lowest BCUT2D eigenvalue weighted by atomic mass is 10.2. The highest BCUT2D eigenvalue weighted by molar-refractivity contribution is 7.09. The molecule has 0 saturated heterocycles. The zero-order valence-corrected chi connectivity index (χ0v) is 10.7. The Bertz CT molecular complexity index is 461. The van der Waals surface area contributed by atoms with E-state index >= 15 is 0 Å². The normalized spacial score (nSPS) is 12.5. The van der Waals surface area contributed by atoms with E-state index in [0.29, 0.717) is 6.04 Å². The molecule has 0 amide bonds. The van der Waals surface area contributed by atoms with Gasteiger partial charge in [-0.05, 0) is 6.42 Å². The van der Waals surface area contributed by atoms with E-state index in [1.165, 1.54) is 0 Å². The zero-order valence-electron chi connectivity index (χ0n) is 9.84. The fraction of sp³-hybridized carbons (Fsp3) is 0.333. The third-order valence-electron chi connectivity index (χ3n) is 2.55. The molecule has 2 aromatic rings. The molecule has 90 valence electrons. The van der Waals surface area contributed by atoms with Crippen LogP contribution in [0.1, 0.15) is 30.0 Å². The molecule has 0 spiro atoms. The van der Waals surface area contributed by atoms with Crippen LogP contribution in [0, 0.1) is 0 Å². The predicted octanol–water partition coefficient (Wildman–Crippen LogP) is 2.68. The second-order valence-corrected chi connectivity index (χ2v) is 4.65. The smallest absolute Gasteiger partial charge is 0.109 e. The molecule has 1 atom stereocenters. The Balaban J connectivity index is 1.94. The SMILES string of the molecule is C=Cn1cc(CNC(CC)c2nccs2)cn1. The third-order valence-corrected chi connectivity index (χ3v) is 3.44. The molecule has 1 unspecified atom stereocenters. The lowest BCUT2D eigenvalue weighted by Crippen LogP contribution is -2.19. The van der Waals surface area contributed by atoms with E-state index in [1.54, 1.807) is 22.2 Å². The quantitative estimate of drug-likeness (QED) is 0.854. The first kappa shape index (κ1) is 12.0. The zero-order chi connectivity index (χ0) is 12.1. The summed E-state index contributed by atoms with van der Waals surface area (Å²) in [5, 5.41) is 10.8. The molecule has 0 aromatic carbocycles. The topological polar surface area (TPSA) is 42.7 Å². The van der Waals surface area contributed by atoms with Crippen molar-refractivity contribution >= 4 is 17.5 Å². The monoisotopic (exact) mass is 248 g/mol. The van der Waals surface area contributed by atoms with Crippen LogP contribution in [0.25, 0.3) is 6.20 Å². The molecule has 2 rings (SSSR count). The largest absolute Gasteiger partial charge is 0.304 e. The van der Waals surface area contributed by atoms with Crippen LogP contribution in [0.3, 0.4) is 0 Å². The van der Waals surface area contributed by atoms with E-state index in [0.717, 1.165) is 23.5 Å². The van der Waals surface area contributed by atoms with Gasteiger partial charge < -0.3 is 5.32 Å². The number of hydrogen-bond donors (Lipinski definition) is 1. The average molecular weight is 248 g/mol. The van der Waals surface area contributed by atoms with Gasteiger partial charge in [0.25, 0.3) is 0 Å². The van der Waals surface area contributed by atoms with E-state index < -0.39 is 0 Å². The van der Waals surface area contributed by atoms with Gasteiger partial charge in [-0.15, -0.1) is 11.3 Å². The van der Waals surface area contributed by atoms with E-state index in [4.69, 9.17) is 0 Å². The Morgan fingerprint density at radius 2 is 2.53 bits per heavy atom. The number of aromatic nitrogens is 3. The maximum absolute atomic E-state index is 4.34. The van der Waals surface area contributed by atoms with Crippen molar-refractivity contribution in [2.45, 2.75) is 25.9 Å². The van der Waals surface area contributed by atoms with E-state index in [9.17, 15) is 0 Å². The van der Waals surface area contributed by atoms with Crippen LogP contribution in [-0.2, 0) is 6.54 Å².